The van der Waals surface area contributed by atoms with E-state index in [1.54, 1.807) is 12.1 Å². The van der Waals surface area contributed by atoms with E-state index >= 15 is 0 Å². The molecular formula is C16H14O4. The van der Waals surface area contributed by atoms with Gasteiger partial charge in [0.1, 0.15) is 5.75 Å². The maximum atomic E-state index is 12.4. The van der Waals surface area contributed by atoms with E-state index in [1.165, 1.54) is 30.3 Å². The number of carboxylic acid groups (broad SMARTS) is 1. The molecule has 0 radical (unpaired) electrons. The fourth-order valence-corrected chi connectivity index (χ4v) is 1.93. The molecule has 0 saturated heterocycles. The van der Waals surface area contributed by atoms with Crippen LogP contribution in [0.3, 0.4) is 0 Å². The van der Waals surface area contributed by atoms with E-state index in [0.29, 0.717) is 0 Å². The maximum absolute atomic E-state index is 12.4. The average molecular weight is 270 g/mol. The van der Waals surface area contributed by atoms with Gasteiger partial charge >= 0.3 is 5.97 Å². The van der Waals surface area contributed by atoms with Crippen LogP contribution in [0.15, 0.2) is 42.5 Å². The number of aromatic hydroxyl groups is 1. The maximum Gasteiger partial charge on any atom is 0.335 e. The number of aryl methyl sites for hydroxylation is 1. The number of aromatic carboxylic acids is 1. The topological polar surface area (TPSA) is 74.6 Å². The normalized spacial score (nSPS) is 10.2. The molecule has 2 aromatic rings. The standard InChI is InChI=1S/C16H14O4/c1-2-10-6-7-14(17)13(8-10)15(18)11-4-3-5-12(9-11)16(19)20/h3-9,17H,2H2,1H3,(H,19,20). The Bertz CT molecular complexity index is 674. The molecule has 4 nitrogen and oxygen atoms in total. The highest BCUT2D eigenvalue weighted by Gasteiger charge is 2.15. The molecule has 2 N–H and O–H groups in total. The van der Waals surface area contributed by atoms with Crippen molar-refractivity contribution in [3.8, 4) is 5.75 Å². The van der Waals surface area contributed by atoms with Crippen molar-refractivity contribution in [1.82, 2.24) is 0 Å². The lowest BCUT2D eigenvalue weighted by molar-refractivity contribution is 0.0697. The van der Waals surface area contributed by atoms with Gasteiger partial charge in [0.15, 0.2) is 5.78 Å². The predicted molar refractivity (Wildman–Crippen MR) is 74.3 cm³/mol. The molecule has 0 aliphatic carbocycles. The van der Waals surface area contributed by atoms with Crippen molar-refractivity contribution in [3.63, 3.8) is 0 Å². The number of carboxylic acids is 1. The lowest BCUT2D eigenvalue weighted by Crippen LogP contribution is -2.05. The van der Waals surface area contributed by atoms with E-state index in [4.69, 9.17) is 5.11 Å². The van der Waals surface area contributed by atoms with Crippen molar-refractivity contribution in [3.05, 3.63) is 64.7 Å². The van der Waals surface area contributed by atoms with Crippen LogP contribution in [0.5, 0.6) is 5.75 Å². The smallest absolute Gasteiger partial charge is 0.335 e. The highest BCUT2D eigenvalue weighted by molar-refractivity contribution is 6.11. The summed E-state index contributed by atoms with van der Waals surface area (Å²) in [5, 5.41) is 18.7. The summed E-state index contributed by atoms with van der Waals surface area (Å²) >= 11 is 0. The Balaban J connectivity index is 2.46. The summed E-state index contributed by atoms with van der Waals surface area (Å²) in [7, 11) is 0. The first-order chi connectivity index (χ1) is 9.52. The molecule has 2 aromatic carbocycles. The number of rotatable bonds is 4. The lowest BCUT2D eigenvalue weighted by Gasteiger charge is -2.07. The van der Waals surface area contributed by atoms with Gasteiger partial charge in [-0.25, -0.2) is 4.79 Å². The fourth-order valence-electron chi connectivity index (χ4n) is 1.93. The number of carbonyl (C=O) groups excluding carboxylic acids is 1. The van der Waals surface area contributed by atoms with Crippen molar-refractivity contribution in [2.75, 3.05) is 0 Å². The molecule has 0 heterocycles. The number of hydrogen-bond donors (Lipinski definition) is 2. The fraction of sp³-hybridized carbons (Fsp3) is 0.125. The molecule has 2 rings (SSSR count). The van der Waals surface area contributed by atoms with Crippen LogP contribution < -0.4 is 0 Å². The largest absolute Gasteiger partial charge is 0.507 e. The molecular weight excluding hydrogens is 256 g/mol. The zero-order chi connectivity index (χ0) is 14.7. The Morgan fingerprint density at radius 2 is 1.75 bits per heavy atom. The van der Waals surface area contributed by atoms with Gasteiger partial charge in [0.25, 0.3) is 0 Å². The van der Waals surface area contributed by atoms with Gasteiger partial charge in [0.2, 0.25) is 0 Å². The Hall–Kier alpha value is -2.62. The zero-order valence-corrected chi connectivity index (χ0v) is 11.0. The molecule has 0 aliphatic heterocycles. The molecule has 0 unspecified atom stereocenters. The number of hydrogen-bond acceptors (Lipinski definition) is 3. The van der Waals surface area contributed by atoms with Gasteiger partial charge in [0.05, 0.1) is 11.1 Å². The highest BCUT2D eigenvalue weighted by atomic mass is 16.4. The monoisotopic (exact) mass is 270 g/mol. The van der Waals surface area contributed by atoms with Crippen molar-refractivity contribution >= 4 is 11.8 Å². The molecule has 0 bridgehead atoms. The van der Waals surface area contributed by atoms with Gasteiger partial charge in [-0.05, 0) is 36.2 Å². The molecule has 4 heteroatoms. The minimum Gasteiger partial charge on any atom is -0.507 e. The number of phenolic OH excluding ortho intramolecular Hbond substituents is 1. The van der Waals surface area contributed by atoms with Gasteiger partial charge < -0.3 is 10.2 Å². The van der Waals surface area contributed by atoms with Crippen LogP contribution in [0.25, 0.3) is 0 Å². The van der Waals surface area contributed by atoms with Gasteiger partial charge in [-0.3, -0.25) is 4.79 Å². The molecule has 0 aromatic heterocycles. The minimum absolute atomic E-state index is 0.0435. The summed E-state index contributed by atoms with van der Waals surface area (Å²) in [6.45, 7) is 1.95. The average Bonchev–Trinajstić information content (AvgIpc) is 2.47. The second-order valence-electron chi connectivity index (χ2n) is 4.42. The molecule has 20 heavy (non-hydrogen) atoms. The second-order valence-corrected chi connectivity index (χ2v) is 4.42. The predicted octanol–water partition coefficient (Wildman–Crippen LogP) is 2.88. The Morgan fingerprint density at radius 3 is 2.40 bits per heavy atom. The van der Waals surface area contributed by atoms with E-state index in [1.807, 2.05) is 6.92 Å². The van der Waals surface area contributed by atoms with Crippen LogP contribution in [0.4, 0.5) is 0 Å². The highest BCUT2D eigenvalue weighted by Crippen LogP contribution is 2.22. The summed E-state index contributed by atoms with van der Waals surface area (Å²) in [6, 6.07) is 10.6. The van der Waals surface area contributed by atoms with E-state index in [2.05, 4.69) is 0 Å². The summed E-state index contributed by atoms with van der Waals surface area (Å²) in [4.78, 5) is 23.3. The summed E-state index contributed by atoms with van der Waals surface area (Å²) in [5.41, 5.74) is 1.41. The Labute approximate surface area is 116 Å². The van der Waals surface area contributed by atoms with E-state index in [-0.39, 0.29) is 28.2 Å². The SMILES string of the molecule is CCc1ccc(O)c(C(=O)c2cccc(C(=O)O)c2)c1. The Morgan fingerprint density at radius 1 is 1.05 bits per heavy atom. The van der Waals surface area contributed by atoms with Crippen molar-refractivity contribution in [1.29, 1.82) is 0 Å². The first-order valence-electron chi connectivity index (χ1n) is 6.23. The molecule has 102 valence electrons. The van der Waals surface area contributed by atoms with E-state index < -0.39 is 5.97 Å². The van der Waals surface area contributed by atoms with Gasteiger partial charge in [-0.1, -0.05) is 25.1 Å². The van der Waals surface area contributed by atoms with Gasteiger partial charge in [0, 0.05) is 5.56 Å². The first-order valence-corrected chi connectivity index (χ1v) is 6.23. The first kappa shape index (κ1) is 13.8. The van der Waals surface area contributed by atoms with Crippen LogP contribution in [-0.4, -0.2) is 22.0 Å². The third-order valence-corrected chi connectivity index (χ3v) is 3.09. The summed E-state index contributed by atoms with van der Waals surface area (Å²) in [5.74, 6) is -1.58. The minimum atomic E-state index is -1.09. The van der Waals surface area contributed by atoms with Gasteiger partial charge in [-0.2, -0.15) is 0 Å². The van der Waals surface area contributed by atoms with Crippen molar-refractivity contribution < 1.29 is 19.8 Å². The molecule has 0 atom stereocenters. The zero-order valence-electron chi connectivity index (χ0n) is 11.0. The Kier molecular flexibility index (Phi) is 3.84. The molecule has 0 fully saturated rings. The number of ketones is 1. The van der Waals surface area contributed by atoms with E-state index in [9.17, 15) is 14.7 Å². The van der Waals surface area contributed by atoms with Gasteiger partial charge in [-0.15, -0.1) is 0 Å². The number of carbonyl (C=O) groups is 2. The van der Waals surface area contributed by atoms with E-state index in [0.717, 1.165) is 12.0 Å². The third kappa shape index (κ3) is 2.69. The van der Waals surface area contributed by atoms with Crippen LogP contribution >= 0.6 is 0 Å². The molecule has 0 aliphatic rings. The molecule has 0 saturated carbocycles. The van der Waals surface area contributed by atoms with Crippen LogP contribution in [-0.2, 0) is 6.42 Å². The van der Waals surface area contributed by atoms with Crippen molar-refractivity contribution in [2.45, 2.75) is 13.3 Å². The molecule has 0 amide bonds. The number of benzene rings is 2. The quantitative estimate of drug-likeness (QED) is 0.838. The number of phenols is 1. The van der Waals surface area contributed by atoms with Crippen molar-refractivity contribution in [2.24, 2.45) is 0 Å². The summed E-state index contributed by atoms with van der Waals surface area (Å²) < 4.78 is 0. The van der Waals surface area contributed by atoms with Crippen LogP contribution in [0.2, 0.25) is 0 Å². The lowest BCUT2D eigenvalue weighted by atomic mass is 9.98. The molecule has 0 spiro atoms. The second kappa shape index (κ2) is 5.57. The third-order valence-electron chi connectivity index (χ3n) is 3.09. The van der Waals surface area contributed by atoms with Crippen LogP contribution in [0, 0.1) is 0 Å². The summed E-state index contributed by atoms with van der Waals surface area (Å²) in [6.07, 6.45) is 0.746. The van der Waals surface area contributed by atoms with Crippen LogP contribution in [0.1, 0.15) is 38.8 Å².